The van der Waals surface area contributed by atoms with Crippen molar-refractivity contribution in [1.29, 1.82) is 0 Å². The zero-order valence-corrected chi connectivity index (χ0v) is 4.91. The van der Waals surface area contributed by atoms with Gasteiger partial charge in [-0.2, -0.15) is 0 Å². The van der Waals surface area contributed by atoms with E-state index >= 15 is 0 Å². The third kappa shape index (κ3) is 3.83. The van der Waals surface area contributed by atoms with E-state index in [1.807, 2.05) is 0 Å². The molecule has 0 heterocycles. The van der Waals surface area contributed by atoms with Crippen molar-refractivity contribution in [2.45, 2.75) is 0 Å². The quantitative estimate of drug-likeness (QED) is 0.452. The SMILES string of the molecule is O=C(F)NS(=O)(=O)CF. The average Bonchev–Trinajstić information content (AvgIpc) is 1.63. The van der Waals surface area contributed by atoms with Gasteiger partial charge in [0.1, 0.15) is 0 Å². The average molecular weight is 159 g/mol. The van der Waals surface area contributed by atoms with Gasteiger partial charge < -0.3 is 0 Å². The number of sulfonamides is 1. The Morgan fingerprint density at radius 3 is 2.11 bits per heavy atom. The molecule has 0 fully saturated rings. The largest absolute Gasteiger partial charge is 0.411 e. The Bertz CT molecular complexity index is 198. The molecule has 0 aromatic carbocycles. The van der Waals surface area contributed by atoms with Crippen LogP contribution in [0.3, 0.4) is 0 Å². The summed E-state index contributed by atoms with van der Waals surface area (Å²) in [7, 11) is -4.36. The molecular weight excluding hydrogens is 156 g/mol. The highest BCUT2D eigenvalue weighted by molar-refractivity contribution is 7.89. The summed E-state index contributed by atoms with van der Waals surface area (Å²) in [5, 5.41) is 0. The maximum absolute atomic E-state index is 11.2. The van der Waals surface area contributed by atoms with Gasteiger partial charge in [-0.25, -0.2) is 22.3 Å². The molecule has 1 amide bonds. The molecule has 0 saturated carbocycles. The number of rotatable bonds is 2. The van der Waals surface area contributed by atoms with Crippen molar-refractivity contribution < 1.29 is 22.0 Å². The molecule has 1 N–H and O–H groups in total. The lowest BCUT2D eigenvalue weighted by molar-refractivity contribution is 0.227. The molecule has 0 unspecified atom stereocenters. The molecule has 0 aromatic rings. The van der Waals surface area contributed by atoms with Crippen molar-refractivity contribution in [2.24, 2.45) is 0 Å². The van der Waals surface area contributed by atoms with Gasteiger partial charge in [-0.1, -0.05) is 0 Å². The highest BCUT2D eigenvalue weighted by Gasteiger charge is 2.11. The third-order valence-corrected chi connectivity index (χ3v) is 1.14. The third-order valence-electron chi connectivity index (χ3n) is 0.379. The van der Waals surface area contributed by atoms with E-state index in [9.17, 15) is 22.0 Å². The van der Waals surface area contributed by atoms with Crippen LogP contribution in [-0.4, -0.2) is 20.6 Å². The van der Waals surface area contributed by atoms with E-state index < -0.39 is 22.2 Å². The Labute approximate surface area is 49.9 Å². The van der Waals surface area contributed by atoms with E-state index in [-0.39, 0.29) is 0 Å². The smallest absolute Gasteiger partial charge is 0.233 e. The van der Waals surface area contributed by atoms with Crippen LogP contribution >= 0.6 is 0 Å². The molecule has 54 valence electrons. The number of carbonyl (C=O) groups is 1. The summed E-state index contributed by atoms with van der Waals surface area (Å²) in [4.78, 5) is 9.29. The number of amides is 1. The van der Waals surface area contributed by atoms with E-state index in [1.165, 1.54) is 0 Å². The predicted molar refractivity (Wildman–Crippen MR) is 24.5 cm³/mol. The standard InChI is InChI=1S/C2H3F2NO3S/c3-1-9(7,8)5-2(4)6/h1H2,(H,5,6). The molecule has 0 atom stereocenters. The molecule has 0 aliphatic heterocycles. The van der Waals surface area contributed by atoms with Crippen molar-refractivity contribution in [3.63, 3.8) is 0 Å². The lowest BCUT2D eigenvalue weighted by atomic mass is 11.4. The van der Waals surface area contributed by atoms with Crippen LogP contribution in [0.4, 0.5) is 13.6 Å². The molecule has 0 spiro atoms. The Kier molecular flexibility index (Phi) is 2.50. The molecule has 0 radical (unpaired) electrons. The Morgan fingerprint density at radius 1 is 1.56 bits per heavy atom. The van der Waals surface area contributed by atoms with E-state index in [4.69, 9.17) is 0 Å². The number of alkyl halides is 1. The first-order valence-electron chi connectivity index (χ1n) is 1.74. The Balaban J connectivity index is 4.06. The second-order valence-electron chi connectivity index (χ2n) is 1.10. The summed E-state index contributed by atoms with van der Waals surface area (Å²) in [5.41, 5.74) is 0. The second kappa shape index (κ2) is 2.72. The zero-order chi connectivity index (χ0) is 7.49. The van der Waals surface area contributed by atoms with Gasteiger partial charge in [-0.15, -0.1) is 4.39 Å². The van der Waals surface area contributed by atoms with Crippen molar-refractivity contribution in [2.75, 3.05) is 6.01 Å². The van der Waals surface area contributed by atoms with Gasteiger partial charge in [0.2, 0.25) is 6.01 Å². The lowest BCUT2D eigenvalue weighted by Gasteiger charge is -1.93. The highest BCUT2D eigenvalue weighted by Crippen LogP contribution is 1.84. The van der Waals surface area contributed by atoms with Gasteiger partial charge in [0.25, 0.3) is 10.0 Å². The van der Waals surface area contributed by atoms with Crippen LogP contribution in [-0.2, 0) is 10.0 Å². The molecule has 0 rings (SSSR count). The number of halogens is 2. The Morgan fingerprint density at radius 2 is 2.00 bits per heavy atom. The van der Waals surface area contributed by atoms with Crippen LogP contribution in [0.15, 0.2) is 0 Å². The zero-order valence-electron chi connectivity index (χ0n) is 4.10. The van der Waals surface area contributed by atoms with Crippen LogP contribution in [0.1, 0.15) is 0 Å². The molecule has 7 heteroatoms. The highest BCUT2D eigenvalue weighted by atomic mass is 32.2. The molecule has 0 aliphatic rings. The van der Waals surface area contributed by atoms with Crippen molar-refractivity contribution in [3.05, 3.63) is 0 Å². The van der Waals surface area contributed by atoms with Crippen LogP contribution in [0.25, 0.3) is 0 Å². The molecular formula is C2H3F2NO3S. The van der Waals surface area contributed by atoms with Crippen LogP contribution in [0, 0.1) is 0 Å². The van der Waals surface area contributed by atoms with Gasteiger partial charge in [0, 0.05) is 0 Å². The number of nitrogens with one attached hydrogen (secondary N) is 1. The minimum absolute atomic E-state index is 0.760. The predicted octanol–water partition coefficient (Wildman–Crippen LogP) is -0.0777. The molecule has 4 nitrogen and oxygen atoms in total. The first kappa shape index (κ1) is 8.28. The van der Waals surface area contributed by atoms with Gasteiger partial charge >= 0.3 is 6.16 Å². The fourth-order valence-corrected chi connectivity index (χ4v) is 0.449. The molecule has 9 heavy (non-hydrogen) atoms. The van der Waals surface area contributed by atoms with Crippen molar-refractivity contribution in [3.8, 4) is 0 Å². The second-order valence-corrected chi connectivity index (χ2v) is 2.75. The van der Waals surface area contributed by atoms with Crippen LogP contribution in [0.2, 0.25) is 0 Å². The molecule has 0 aliphatic carbocycles. The summed E-state index contributed by atoms with van der Waals surface area (Å²) in [6.07, 6.45) is -2.28. The fraction of sp³-hybridized carbons (Fsp3) is 0.500. The van der Waals surface area contributed by atoms with Crippen molar-refractivity contribution in [1.82, 2.24) is 4.72 Å². The molecule has 0 aromatic heterocycles. The van der Waals surface area contributed by atoms with Gasteiger partial charge in [-0.3, -0.25) is 0 Å². The fourth-order valence-electron chi connectivity index (χ4n) is 0.150. The van der Waals surface area contributed by atoms with Crippen LogP contribution < -0.4 is 4.72 Å². The van der Waals surface area contributed by atoms with Crippen molar-refractivity contribution >= 4 is 16.2 Å². The number of hydrogen-bond donors (Lipinski definition) is 1. The summed E-state index contributed by atoms with van der Waals surface area (Å²) in [6.45, 7) is 0. The minimum Gasteiger partial charge on any atom is -0.233 e. The number of carbonyl (C=O) groups excluding carboxylic acids is 1. The van der Waals surface area contributed by atoms with Gasteiger partial charge in [0.05, 0.1) is 0 Å². The normalized spacial score (nSPS) is 10.9. The maximum atomic E-state index is 11.2. The Hall–Kier alpha value is -0.720. The summed E-state index contributed by atoms with van der Waals surface area (Å²) in [6, 6.07) is -1.80. The van der Waals surface area contributed by atoms with Gasteiger partial charge in [0.15, 0.2) is 0 Å². The lowest BCUT2D eigenvalue weighted by Crippen LogP contribution is -2.27. The van der Waals surface area contributed by atoms with E-state index in [0.29, 0.717) is 0 Å². The summed E-state index contributed by atoms with van der Waals surface area (Å²) in [5.74, 6) is 0. The monoisotopic (exact) mass is 159 g/mol. The van der Waals surface area contributed by atoms with Crippen LogP contribution in [0.5, 0.6) is 0 Å². The van der Waals surface area contributed by atoms with E-state index in [0.717, 1.165) is 4.72 Å². The summed E-state index contributed by atoms with van der Waals surface area (Å²) < 4.78 is 42.7. The van der Waals surface area contributed by atoms with E-state index in [1.54, 1.807) is 0 Å². The van der Waals surface area contributed by atoms with E-state index in [2.05, 4.69) is 0 Å². The first-order chi connectivity index (χ1) is 3.98. The molecule has 0 bridgehead atoms. The minimum atomic E-state index is -4.36. The summed E-state index contributed by atoms with van der Waals surface area (Å²) >= 11 is 0. The topological polar surface area (TPSA) is 63.2 Å². The van der Waals surface area contributed by atoms with Gasteiger partial charge in [-0.05, 0) is 0 Å². The molecule has 0 saturated heterocycles. The maximum Gasteiger partial charge on any atom is 0.411 e. The first-order valence-corrected chi connectivity index (χ1v) is 3.39. The number of hydrogen-bond acceptors (Lipinski definition) is 3.